The number of aromatic nitrogens is 2. The van der Waals surface area contributed by atoms with Gasteiger partial charge in [0.25, 0.3) is 0 Å². The fraction of sp³-hybridized carbons (Fsp3) is 0.300. The molecule has 1 heterocycles. The van der Waals surface area contributed by atoms with E-state index >= 15 is 0 Å². The summed E-state index contributed by atoms with van der Waals surface area (Å²) in [6.07, 6.45) is 0. The number of H-pyrrole nitrogens is 1. The van der Waals surface area contributed by atoms with Gasteiger partial charge in [-0.3, -0.25) is 0 Å². The summed E-state index contributed by atoms with van der Waals surface area (Å²) >= 11 is 0. The second-order valence-electron chi connectivity index (χ2n) is 3.35. The largest absolute Gasteiger partial charge is 0.341 e. The molecule has 13 heavy (non-hydrogen) atoms. The molecule has 1 aromatic heterocycles. The van der Waals surface area contributed by atoms with Crippen LogP contribution in [0.5, 0.6) is 0 Å². The van der Waals surface area contributed by atoms with Gasteiger partial charge in [0.05, 0.1) is 17.6 Å². The number of hydrogen-bond donors (Lipinski definition) is 1. The zero-order chi connectivity index (χ0) is 9.26. The van der Waals surface area contributed by atoms with Crippen molar-refractivity contribution in [2.45, 2.75) is 6.54 Å². The number of hydrogen-bond acceptors (Lipinski definition) is 2. The van der Waals surface area contributed by atoms with Crippen molar-refractivity contribution >= 4 is 11.0 Å². The molecule has 0 spiro atoms. The molecular weight excluding hydrogens is 162 g/mol. The Bertz CT molecular complexity index is 370. The number of aromatic amines is 1. The van der Waals surface area contributed by atoms with Crippen LogP contribution in [-0.4, -0.2) is 29.0 Å². The van der Waals surface area contributed by atoms with Crippen LogP contribution < -0.4 is 0 Å². The minimum absolute atomic E-state index is 0.836. The van der Waals surface area contributed by atoms with E-state index < -0.39 is 0 Å². The molecule has 67 valence electrons. The van der Waals surface area contributed by atoms with Gasteiger partial charge in [0, 0.05) is 6.07 Å². The number of para-hydroxylation sites is 1. The number of nitrogens with one attached hydrogen (secondary N) is 1. The molecule has 1 N–H and O–H groups in total. The van der Waals surface area contributed by atoms with Crippen molar-refractivity contribution in [3.63, 3.8) is 0 Å². The lowest BCUT2D eigenvalue weighted by atomic mass is 10.3. The lowest BCUT2D eigenvalue weighted by molar-refractivity contribution is 0.392. The van der Waals surface area contributed by atoms with Crippen LogP contribution in [0.2, 0.25) is 0 Å². The number of imidazole rings is 1. The second kappa shape index (κ2) is 3.18. The summed E-state index contributed by atoms with van der Waals surface area (Å²) in [6, 6.07) is 8.93. The van der Waals surface area contributed by atoms with Crippen LogP contribution >= 0.6 is 0 Å². The minimum Gasteiger partial charge on any atom is -0.341 e. The molecule has 2 rings (SSSR count). The fourth-order valence-corrected chi connectivity index (χ4v) is 1.31. The van der Waals surface area contributed by atoms with Crippen molar-refractivity contribution in [2.75, 3.05) is 14.1 Å². The van der Waals surface area contributed by atoms with Crippen LogP contribution in [0.3, 0.4) is 0 Å². The molecule has 1 aromatic carbocycles. The Labute approximate surface area is 77.4 Å². The van der Waals surface area contributed by atoms with E-state index in [1.54, 1.807) is 0 Å². The lowest BCUT2D eigenvalue weighted by Crippen LogP contribution is -2.11. The maximum atomic E-state index is 4.40. The molecule has 0 saturated carbocycles. The molecule has 3 heteroatoms. The van der Waals surface area contributed by atoms with E-state index in [9.17, 15) is 0 Å². The predicted molar refractivity (Wildman–Crippen MR) is 52.3 cm³/mol. The normalized spacial score (nSPS) is 11.3. The summed E-state index contributed by atoms with van der Waals surface area (Å²) in [7, 11) is 4.05. The molecule has 3 nitrogen and oxygen atoms in total. The summed E-state index contributed by atoms with van der Waals surface area (Å²) in [5, 5.41) is 0. The van der Waals surface area contributed by atoms with Crippen molar-refractivity contribution in [3.05, 3.63) is 30.1 Å². The molecule has 1 radical (unpaired) electrons. The molecule has 2 aromatic rings. The quantitative estimate of drug-likeness (QED) is 0.746. The summed E-state index contributed by atoms with van der Waals surface area (Å²) in [4.78, 5) is 9.72. The molecule has 0 saturated heterocycles. The highest BCUT2D eigenvalue weighted by molar-refractivity contribution is 5.73. The number of nitrogens with zero attached hydrogens (tertiary/aromatic N) is 2. The lowest BCUT2D eigenvalue weighted by Gasteiger charge is -2.04. The highest BCUT2D eigenvalue weighted by Crippen LogP contribution is 2.09. The third-order valence-electron chi connectivity index (χ3n) is 1.83. The highest BCUT2D eigenvalue weighted by atomic mass is 15.1. The molecule has 0 bridgehead atoms. The molecule has 0 atom stereocenters. The summed E-state index contributed by atoms with van der Waals surface area (Å²) < 4.78 is 0. The molecule has 0 unspecified atom stereocenters. The molecular formula is C10H12N3. The highest BCUT2D eigenvalue weighted by Gasteiger charge is 2.01. The Morgan fingerprint density at radius 1 is 1.54 bits per heavy atom. The first-order chi connectivity index (χ1) is 6.25. The fourth-order valence-electron chi connectivity index (χ4n) is 1.31. The van der Waals surface area contributed by atoms with Gasteiger partial charge in [0.1, 0.15) is 5.82 Å². The first-order valence-electron chi connectivity index (χ1n) is 4.26. The minimum atomic E-state index is 0.836. The van der Waals surface area contributed by atoms with Gasteiger partial charge in [-0.05, 0) is 20.2 Å². The number of fused-ring (bicyclic) bond motifs is 1. The van der Waals surface area contributed by atoms with Crippen molar-refractivity contribution < 1.29 is 0 Å². The average Bonchev–Trinajstić information content (AvgIpc) is 2.44. The van der Waals surface area contributed by atoms with Gasteiger partial charge in [0.2, 0.25) is 0 Å². The maximum Gasteiger partial charge on any atom is 0.121 e. The van der Waals surface area contributed by atoms with Crippen molar-refractivity contribution in [1.29, 1.82) is 0 Å². The standard InChI is InChI=1S/C10H12N3/c1-13(2)7-10-11-8-5-3-4-6-9(8)12-10/h3-5H,7H2,1-2H3,(H,11,12). The van der Waals surface area contributed by atoms with Crippen molar-refractivity contribution in [1.82, 2.24) is 14.9 Å². The summed E-state index contributed by atoms with van der Waals surface area (Å²) in [5.41, 5.74) is 1.97. The van der Waals surface area contributed by atoms with Gasteiger partial charge in [-0.2, -0.15) is 0 Å². The SMILES string of the molecule is CN(C)Cc1nc2[c]cccc2[nH]1. The van der Waals surface area contributed by atoms with E-state index in [1.165, 1.54) is 0 Å². The predicted octanol–water partition coefficient (Wildman–Crippen LogP) is 1.42. The van der Waals surface area contributed by atoms with Crippen LogP contribution in [0.15, 0.2) is 18.2 Å². The van der Waals surface area contributed by atoms with Gasteiger partial charge in [-0.1, -0.05) is 12.1 Å². The smallest absolute Gasteiger partial charge is 0.121 e. The van der Waals surface area contributed by atoms with E-state index in [4.69, 9.17) is 0 Å². The van der Waals surface area contributed by atoms with Crippen LogP contribution in [0.25, 0.3) is 11.0 Å². The Morgan fingerprint density at radius 2 is 2.38 bits per heavy atom. The molecule has 0 fully saturated rings. The Balaban J connectivity index is 2.38. The maximum absolute atomic E-state index is 4.40. The number of rotatable bonds is 2. The van der Waals surface area contributed by atoms with E-state index in [0.29, 0.717) is 0 Å². The van der Waals surface area contributed by atoms with Crippen LogP contribution in [0, 0.1) is 6.07 Å². The monoisotopic (exact) mass is 174 g/mol. The Hall–Kier alpha value is -1.35. The van der Waals surface area contributed by atoms with Crippen LogP contribution in [0.1, 0.15) is 5.82 Å². The first-order valence-corrected chi connectivity index (χ1v) is 4.26. The average molecular weight is 174 g/mol. The molecule has 0 aliphatic carbocycles. The van der Waals surface area contributed by atoms with Gasteiger partial charge in [0.15, 0.2) is 0 Å². The molecule has 0 aliphatic heterocycles. The van der Waals surface area contributed by atoms with E-state index in [2.05, 4.69) is 20.9 Å². The van der Waals surface area contributed by atoms with Gasteiger partial charge in [-0.25, -0.2) is 4.98 Å². The topological polar surface area (TPSA) is 31.9 Å². The third kappa shape index (κ3) is 1.70. The summed E-state index contributed by atoms with van der Waals surface area (Å²) in [6.45, 7) is 0.836. The first kappa shape index (κ1) is 8.26. The molecule has 0 aliphatic rings. The van der Waals surface area contributed by atoms with E-state index in [1.807, 2.05) is 32.3 Å². The van der Waals surface area contributed by atoms with E-state index in [-0.39, 0.29) is 0 Å². The van der Waals surface area contributed by atoms with Crippen molar-refractivity contribution in [3.8, 4) is 0 Å². The Morgan fingerprint density at radius 3 is 3.08 bits per heavy atom. The van der Waals surface area contributed by atoms with Crippen LogP contribution in [0.4, 0.5) is 0 Å². The zero-order valence-corrected chi connectivity index (χ0v) is 7.83. The van der Waals surface area contributed by atoms with Gasteiger partial charge >= 0.3 is 0 Å². The van der Waals surface area contributed by atoms with Crippen molar-refractivity contribution in [2.24, 2.45) is 0 Å². The third-order valence-corrected chi connectivity index (χ3v) is 1.83. The summed E-state index contributed by atoms with van der Waals surface area (Å²) in [5.74, 6) is 0.988. The van der Waals surface area contributed by atoms with E-state index in [0.717, 1.165) is 23.4 Å². The number of benzene rings is 1. The molecule has 0 amide bonds. The van der Waals surface area contributed by atoms with Crippen LogP contribution in [-0.2, 0) is 6.54 Å². The second-order valence-corrected chi connectivity index (χ2v) is 3.35. The Kier molecular flexibility index (Phi) is 2.02. The zero-order valence-electron chi connectivity index (χ0n) is 7.83. The van der Waals surface area contributed by atoms with Gasteiger partial charge in [-0.15, -0.1) is 0 Å². The van der Waals surface area contributed by atoms with Gasteiger partial charge < -0.3 is 9.88 Å².